The van der Waals surface area contributed by atoms with E-state index in [2.05, 4.69) is 37.1 Å². The number of allylic oxidation sites excluding steroid dienone is 3. The normalized spacial score (nSPS) is 17.0. The molecule has 1 nitrogen and oxygen atoms in total. The Morgan fingerprint density at radius 3 is 2.83 bits per heavy atom. The summed E-state index contributed by atoms with van der Waals surface area (Å²) in [6.07, 6.45) is 10.2. The number of aryl methyl sites for hydroxylation is 1. The molecular weight excluding hydrogens is 146 g/mol. The topological polar surface area (TPSA) is 12.9 Å². The molecule has 0 bridgehead atoms. The van der Waals surface area contributed by atoms with E-state index < -0.39 is 0 Å². The standard InChI is InChI=1S/C11H11N/c1-3-9-4-5-10-7-12-6-8(2)11(9)10/h3-7H,1-2H3/b9-3-. The fraction of sp³-hybridized carbons (Fsp3) is 0.182. The van der Waals surface area contributed by atoms with E-state index in [0.717, 1.165) is 0 Å². The number of hydrogen-bond donors (Lipinski definition) is 0. The molecule has 0 aromatic carbocycles. The van der Waals surface area contributed by atoms with Crippen LogP contribution in [0.25, 0.3) is 11.6 Å². The summed E-state index contributed by atoms with van der Waals surface area (Å²) in [5.41, 5.74) is 5.14. The van der Waals surface area contributed by atoms with Gasteiger partial charge in [0.25, 0.3) is 0 Å². The van der Waals surface area contributed by atoms with Crippen molar-refractivity contribution < 1.29 is 0 Å². The summed E-state index contributed by atoms with van der Waals surface area (Å²) in [6.45, 7) is 4.16. The summed E-state index contributed by atoms with van der Waals surface area (Å²) in [4.78, 5) is 4.15. The van der Waals surface area contributed by atoms with Crippen LogP contribution in [0.4, 0.5) is 0 Å². The first-order valence-electron chi connectivity index (χ1n) is 4.12. The highest BCUT2D eigenvalue weighted by atomic mass is 14.6. The minimum atomic E-state index is 1.24. The van der Waals surface area contributed by atoms with Gasteiger partial charge in [-0.2, -0.15) is 0 Å². The van der Waals surface area contributed by atoms with Gasteiger partial charge in [-0.3, -0.25) is 4.98 Å². The average Bonchev–Trinajstić information content (AvgIpc) is 2.49. The van der Waals surface area contributed by atoms with Gasteiger partial charge in [-0.1, -0.05) is 18.2 Å². The Morgan fingerprint density at radius 2 is 2.08 bits per heavy atom. The lowest BCUT2D eigenvalue weighted by atomic mass is 10.0. The van der Waals surface area contributed by atoms with Crippen LogP contribution < -0.4 is 0 Å². The van der Waals surface area contributed by atoms with Crippen LogP contribution in [-0.2, 0) is 0 Å². The van der Waals surface area contributed by atoms with E-state index in [-0.39, 0.29) is 0 Å². The fourth-order valence-electron chi connectivity index (χ4n) is 1.61. The lowest BCUT2D eigenvalue weighted by Gasteiger charge is -2.03. The van der Waals surface area contributed by atoms with Crippen molar-refractivity contribution in [2.75, 3.05) is 0 Å². The van der Waals surface area contributed by atoms with E-state index in [9.17, 15) is 0 Å². The first-order valence-corrected chi connectivity index (χ1v) is 4.12. The molecule has 0 amide bonds. The predicted octanol–water partition coefficient (Wildman–Crippen LogP) is 2.82. The molecule has 0 fully saturated rings. The largest absolute Gasteiger partial charge is 0.264 e. The molecule has 1 aliphatic rings. The SMILES string of the molecule is C/C=C1/C=Cc2cncc(C)c21. The van der Waals surface area contributed by atoms with Crippen molar-refractivity contribution in [2.24, 2.45) is 0 Å². The highest BCUT2D eigenvalue weighted by Crippen LogP contribution is 2.30. The second kappa shape index (κ2) is 2.59. The number of rotatable bonds is 0. The van der Waals surface area contributed by atoms with Gasteiger partial charge in [-0.05, 0) is 30.5 Å². The maximum absolute atomic E-state index is 4.15. The maximum atomic E-state index is 4.15. The van der Waals surface area contributed by atoms with Crippen LogP contribution in [0, 0.1) is 6.92 Å². The molecule has 1 aromatic heterocycles. The van der Waals surface area contributed by atoms with Crippen molar-refractivity contribution in [3.63, 3.8) is 0 Å². The van der Waals surface area contributed by atoms with E-state index in [1.807, 2.05) is 12.4 Å². The average molecular weight is 157 g/mol. The van der Waals surface area contributed by atoms with Crippen LogP contribution in [-0.4, -0.2) is 4.98 Å². The van der Waals surface area contributed by atoms with E-state index in [1.165, 1.54) is 22.3 Å². The van der Waals surface area contributed by atoms with Crippen molar-refractivity contribution in [3.05, 3.63) is 41.2 Å². The van der Waals surface area contributed by atoms with Gasteiger partial charge < -0.3 is 0 Å². The molecule has 0 N–H and O–H groups in total. The van der Waals surface area contributed by atoms with Crippen LogP contribution in [0.5, 0.6) is 0 Å². The second-order valence-corrected chi connectivity index (χ2v) is 3.00. The first-order chi connectivity index (χ1) is 5.83. The Hall–Kier alpha value is -1.37. The van der Waals surface area contributed by atoms with Crippen LogP contribution in [0.2, 0.25) is 0 Å². The molecule has 12 heavy (non-hydrogen) atoms. The van der Waals surface area contributed by atoms with E-state index in [4.69, 9.17) is 0 Å². The Balaban J connectivity index is 2.70. The van der Waals surface area contributed by atoms with Gasteiger partial charge >= 0.3 is 0 Å². The zero-order valence-electron chi connectivity index (χ0n) is 7.33. The van der Waals surface area contributed by atoms with Gasteiger partial charge in [-0.15, -0.1) is 0 Å². The fourth-order valence-corrected chi connectivity index (χ4v) is 1.61. The third-order valence-electron chi connectivity index (χ3n) is 2.21. The molecule has 1 heteroatoms. The number of nitrogens with zero attached hydrogens (tertiary/aromatic N) is 1. The molecule has 0 atom stereocenters. The van der Waals surface area contributed by atoms with Gasteiger partial charge in [0.05, 0.1) is 0 Å². The molecule has 60 valence electrons. The summed E-state index contributed by atoms with van der Waals surface area (Å²) >= 11 is 0. The lowest BCUT2D eigenvalue weighted by Crippen LogP contribution is -1.87. The number of pyridine rings is 1. The highest BCUT2D eigenvalue weighted by molar-refractivity contribution is 5.90. The third-order valence-corrected chi connectivity index (χ3v) is 2.21. The van der Waals surface area contributed by atoms with Gasteiger partial charge in [0.1, 0.15) is 0 Å². The highest BCUT2D eigenvalue weighted by Gasteiger charge is 2.11. The lowest BCUT2D eigenvalue weighted by molar-refractivity contribution is 1.25. The van der Waals surface area contributed by atoms with E-state index in [0.29, 0.717) is 0 Å². The second-order valence-electron chi connectivity index (χ2n) is 3.00. The van der Waals surface area contributed by atoms with Crippen molar-refractivity contribution in [3.8, 4) is 0 Å². The van der Waals surface area contributed by atoms with Gasteiger partial charge in [0.2, 0.25) is 0 Å². The van der Waals surface area contributed by atoms with E-state index >= 15 is 0 Å². The summed E-state index contributed by atoms with van der Waals surface area (Å²) in [5, 5.41) is 0. The molecular formula is C11H11N. The molecule has 1 aliphatic carbocycles. The monoisotopic (exact) mass is 157 g/mol. The molecule has 0 saturated carbocycles. The molecule has 1 aromatic rings. The third kappa shape index (κ3) is 0.900. The van der Waals surface area contributed by atoms with Crippen molar-refractivity contribution in [2.45, 2.75) is 13.8 Å². The van der Waals surface area contributed by atoms with Crippen molar-refractivity contribution >= 4 is 11.6 Å². The number of hydrogen-bond acceptors (Lipinski definition) is 1. The van der Waals surface area contributed by atoms with Crippen molar-refractivity contribution in [1.29, 1.82) is 0 Å². The summed E-state index contributed by atoms with van der Waals surface area (Å²) in [5.74, 6) is 0. The van der Waals surface area contributed by atoms with Crippen LogP contribution in [0.1, 0.15) is 23.6 Å². The molecule has 2 rings (SSSR count). The molecule has 0 spiro atoms. The molecule has 0 saturated heterocycles. The smallest absolute Gasteiger partial charge is 0.0346 e. The molecule has 1 heterocycles. The summed E-state index contributed by atoms with van der Waals surface area (Å²) < 4.78 is 0. The Morgan fingerprint density at radius 1 is 1.25 bits per heavy atom. The quantitative estimate of drug-likeness (QED) is 0.564. The van der Waals surface area contributed by atoms with Crippen LogP contribution >= 0.6 is 0 Å². The Labute approximate surface area is 72.5 Å². The maximum Gasteiger partial charge on any atom is 0.0346 e. The first kappa shape index (κ1) is 7.29. The Bertz CT molecular complexity index is 373. The van der Waals surface area contributed by atoms with Crippen LogP contribution in [0.3, 0.4) is 0 Å². The zero-order valence-corrected chi connectivity index (χ0v) is 7.33. The number of fused-ring (bicyclic) bond motifs is 1. The van der Waals surface area contributed by atoms with Crippen molar-refractivity contribution in [1.82, 2.24) is 4.98 Å². The number of aromatic nitrogens is 1. The van der Waals surface area contributed by atoms with Gasteiger partial charge in [0.15, 0.2) is 0 Å². The minimum Gasteiger partial charge on any atom is -0.264 e. The zero-order chi connectivity index (χ0) is 8.55. The predicted molar refractivity (Wildman–Crippen MR) is 51.7 cm³/mol. The minimum absolute atomic E-state index is 1.24. The summed E-state index contributed by atoms with van der Waals surface area (Å²) in [6, 6.07) is 0. The molecule has 0 aliphatic heterocycles. The van der Waals surface area contributed by atoms with E-state index in [1.54, 1.807) is 0 Å². The Kier molecular flexibility index (Phi) is 1.58. The van der Waals surface area contributed by atoms with Gasteiger partial charge in [0, 0.05) is 18.0 Å². The molecule has 0 radical (unpaired) electrons. The summed E-state index contributed by atoms with van der Waals surface area (Å²) in [7, 11) is 0. The van der Waals surface area contributed by atoms with Gasteiger partial charge in [-0.25, -0.2) is 0 Å². The molecule has 0 unspecified atom stereocenters. The van der Waals surface area contributed by atoms with Crippen LogP contribution in [0.15, 0.2) is 24.5 Å².